The minimum Gasteiger partial charge on any atom is -0.479 e. The summed E-state index contributed by atoms with van der Waals surface area (Å²) in [6, 6.07) is 13.1. The second kappa shape index (κ2) is 7.70. The van der Waals surface area contributed by atoms with Gasteiger partial charge in [-0.25, -0.2) is 0 Å². The molecule has 0 amide bonds. The van der Waals surface area contributed by atoms with E-state index >= 15 is 0 Å². The van der Waals surface area contributed by atoms with Crippen molar-refractivity contribution in [3.05, 3.63) is 75.3 Å². The van der Waals surface area contributed by atoms with Gasteiger partial charge in [0.2, 0.25) is 0 Å². The highest BCUT2D eigenvalue weighted by Crippen LogP contribution is 2.20. The van der Waals surface area contributed by atoms with Crippen LogP contribution in [-0.4, -0.2) is 17.3 Å². The number of hydrogen-bond acceptors (Lipinski definition) is 5. The summed E-state index contributed by atoms with van der Waals surface area (Å²) < 4.78 is 5.14. The number of aryl methyl sites for hydroxylation is 1. The highest BCUT2D eigenvalue weighted by molar-refractivity contribution is 6.07. The van der Waals surface area contributed by atoms with Crippen molar-refractivity contribution in [3.63, 3.8) is 0 Å². The van der Waals surface area contributed by atoms with Crippen LogP contribution in [0.3, 0.4) is 0 Å². The van der Waals surface area contributed by atoms with Crippen molar-refractivity contribution in [2.45, 2.75) is 6.92 Å². The van der Waals surface area contributed by atoms with Crippen molar-refractivity contribution in [2.75, 3.05) is 6.61 Å². The predicted octanol–water partition coefficient (Wildman–Crippen LogP) is 3.70. The lowest BCUT2D eigenvalue weighted by molar-refractivity contribution is -0.385. The molecule has 0 saturated carbocycles. The lowest BCUT2D eigenvalue weighted by Gasteiger charge is -2.01. The van der Waals surface area contributed by atoms with Gasteiger partial charge in [0, 0.05) is 17.2 Å². The molecule has 0 fully saturated rings. The predicted molar refractivity (Wildman–Crippen MR) is 88.7 cm³/mol. The van der Waals surface area contributed by atoms with Gasteiger partial charge in [0.15, 0.2) is 12.4 Å². The molecule has 0 aliphatic carbocycles. The fraction of sp³-hybridized carbons (Fsp3) is 0.111. The zero-order valence-corrected chi connectivity index (χ0v) is 12.9. The average Bonchev–Trinajstić information content (AvgIpc) is 2.59. The molecule has 0 aliphatic rings. The van der Waals surface area contributed by atoms with E-state index in [9.17, 15) is 14.9 Å². The average molecular weight is 322 g/mol. The Bertz CT molecular complexity index is 833. The van der Waals surface area contributed by atoms with E-state index in [0.717, 1.165) is 5.56 Å². The molecule has 2 aromatic rings. The molecule has 0 bridgehead atoms. The number of carbonyl (C=O) groups excluding carboxylic acids is 1. The largest absolute Gasteiger partial charge is 0.479 e. The third-order valence-electron chi connectivity index (χ3n) is 3.30. The number of nitriles is 1. The molecule has 24 heavy (non-hydrogen) atoms. The first-order valence-electron chi connectivity index (χ1n) is 7.08. The number of nitrogens with zero attached hydrogens (tertiary/aromatic N) is 2. The van der Waals surface area contributed by atoms with E-state index in [1.807, 2.05) is 6.07 Å². The summed E-state index contributed by atoms with van der Waals surface area (Å²) in [6.07, 6.45) is 2.97. The Kier molecular flexibility index (Phi) is 5.42. The van der Waals surface area contributed by atoms with Crippen LogP contribution in [0.5, 0.6) is 5.75 Å². The third-order valence-corrected chi connectivity index (χ3v) is 3.30. The van der Waals surface area contributed by atoms with Gasteiger partial charge >= 0.3 is 0 Å². The molecule has 0 aromatic heterocycles. The standard InChI is InChI=1S/C18H14N2O4/c1-13-2-6-15(12-17(13)20(22)23)18(21)9-5-14-3-7-16(8-4-14)24-11-10-19/h2-9,12H,11H2,1H3/b9-5+. The van der Waals surface area contributed by atoms with Gasteiger partial charge in [-0.3, -0.25) is 14.9 Å². The highest BCUT2D eigenvalue weighted by atomic mass is 16.6. The quantitative estimate of drug-likeness (QED) is 0.350. The van der Waals surface area contributed by atoms with Crippen LogP contribution in [-0.2, 0) is 0 Å². The number of nitro groups is 1. The number of ether oxygens (including phenoxy) is 1. The molecular weight excluding hydrogens is 308 g/mol. The molecule has 0 saturated heterocycles. The molecule has 0 aliphatic heterocycles. The van der Waals surface area contributed by atoms with Crippen LogP contribution in [0, 0.1) is 28.4 Å². The first-order chi connectivity index (χ1) is 11.5. The van der Waals surface area contributed by atoms with Gasteiger partial charge in [-0.05, 0) is 30.7 Å². The summed E-state index contributed by atoms with van der Waals surface area (Å²) in [6.45, 7) is 1.60. The van der Waals surface area contributed by atoms with E-state index in [0.29, 0.717) is 11.3 Å². The Morgan fingerprint density at radius 3 is 2.62 bits per heavy atom. The van der Waals surface area contributed by atoms with Crippen molar-refractivity contribution in [2.24, 2.45) is 0 Å². The molecule has 6 heteroatoms. The van der Waals surface area contributed by atoms with Gasteiger partial charge in [0.1, 0.15) is 11.8 Å². The maximum Gasteiger partial charge on any atom is 0.273 e. The van der Waals surface area contributed by atoms with Crippen LogP contribution < -0.4 is 4.74 Å². The topological polar surface area (TPSA) is 93.2 Å². The van der Waals surface area contributed by atoms with Crippen molar-refractivity contribution < 1.29 is 14.5 Å². The van der Waals surface area contributed by atoms with Gasteiger partial charge in [0.05, 0.1) is 4.92 Å². The van der Waals surface area contributed by atoms with Gasteiger partial charge in [-0.15, -0.1) is 0 Å². The van der Waals surface area contributed by atoms with Crippen LogP contribution in [0.15, 0.2) is 48.5 Å². The summed E-state index contributed by atoms with van der Waals surface area (Å²) in [5.74, 6) is 0.247. The first kappa shape index (κ1) is 16.9. The summed E-state index contributed by atoms with van der Waals surface area (Å²) >= 11 is 0. The monoisotopic (exact) mass is 322 g/mol. The molecule has 6 nitrogen and oxygen atoms in total. The molecule has 2 rings (SSSR count). The Labute approximate surface area is 138 Å². The Hall–Kier alpha value is -3.46. The number of nitro benzene ring substituents is 1. The number of carbonyl (C=O) groups is 1. The normalized spacial score (nSPS) is 10.3. The van der Waals surface area contributed by atoms with Gasteiger partial charge in [-0.1, -0.05) is 30.3 Å². The molecule has 120 valence electrons. The van der Waals surface area contributed by atoms with E-state index in [4.69, 9.17) is 10.00 Å². The maximum absolute atomic E-state index is 12.1. The SMILES string of the molecule is Cc1ccc(C(=O)/C=C/c2ccc(OCC#N)cc2)cc1[N+](=O)[O-]. The third kappa shape index (κ3) is 4.27. The zero-order valence-electron chi connectivity index (χ0n) is 12.9. The maximum atomic E-state index is 12.1. The fourth-order valence-corrected chi connectivity index (χ4v) is 2.02. The van der Waals surface area contributed by atoms with Gasteiger partial charge < -0.3 is 4.74 Å². The molecule has 0 radical (unpaired) electrons. The minimum atomic E-state index is -0.504. The minimum absolute atomic E-state index is 0.0279. The van der Waals surface area contributed by atoms with Crippen molar-refractivity contribution >= 4 is 17.5 Å². The van der Waals surface area contributed by atoms with E-state index < -0.39 is 4.92 Å². The first-order valence-corrected chi connectivity index (χ1v) is 7.08. The number of hydrogen-bond donors (Lipinski definition) is 0. The number of ketones is 1. The van der Waals surface area contributed by atoms with Crippen LogP contribution in [0.1, 0.15) is 21.5 Å². The van der Waals surface area contributed by atoms with Crippen molar-refractivity contribution in [3.8, 4) is 11.8 Å². The van der Waals surface area contributed by atoms with E-state index in [1.165, 1.54) is 12.1 Å². The number of rotatable bonds is 6. The highest BCUT2D eigenvalue weighted by Gasteiger charge is 2.13. The summed E-state index contributed by atoms with van der Waals surface area (Å²) in [5, 5.41) is 19.4. The molecule has 0 heterocycles. The molecular formula is C18H14N2O4. The van der Waals surface area contributed by atoms with Crippen LogP contribution >= 0.6 is 0 Å². The van der Waals surface area contributed by atoms with Gasteiger partial charge in [-0.2, -0.15) is 5.26 Å². The van der Waals surface area contributed by atoms with E-state index in [1.54, 1.807) is 49.4 Å². The number of allylic oxidation sites excluding steroid dienone is 1. The second-order valence-electron chi connectivity index (χ2n) is 4.97. The second-order valence-corrected chi connectivity index (χ2v) is 4.97. The molecule has 0 N–H and O–H groups in total. The molecule has 2 aromatic carbocycles. The Balaban J connectivity index is 2.11. The Morgan fingerprint density at radius 1 is 1.29 bits per heavy atom. The van der Waals surface area contributed by atoms with Crippen LogP contribution in [0.4, 0.5) is 5.69 Å². The summed E-state index contributed by atoms with van der Waals surface area (Å²) in [5.41, 5.74) is 1.47. The molecule has 0 spiro atoms. The molecule has 0 atom stereocenters. The Morgan fingerprint density at radius 2 is 2.00 bits per heavy atom. The number of benzene rings is 2. The van der Waals surface area contributed by atoms with Crippen molar-refractivity contribution in [1.82, 2.24) is 0 Å². The van der Waals surface area contributed by atoms with E-state index in [-0.39, 0.29) is 23.6 Å². The summed E-state index contributed by atoms with van der Waals surface area (Å²) in [7, 11) is 0. The summed E-state index contributed by atoms with van der Waals surface area (Å²) in [4.78, 5) is 22.6. The van der Waals surface area contributed by atoms with Gasteiger partial charge in [0.25, 0.3) is 5.69 Å². The fourth-order valence-electron chi connectivity index (χ4n) is 2.02. The smallest absolute Gasteiger partial charge is 0.273 e. The van der Waals surface area contributed by atoms with Crippen LogP contribution in [0.2, 0.25) is 0 Å². The molecule has 0 unspecified atom stereocenters. The lowest BCUT2D eigenvalue weighted by Crippen LogP contribution is -1.98. The lowest BCUT2D eigenvalue weighted by atomic mass is 10.1. The van der Waals surface area contributed by atoms with Crippen molar-refractivity contribution in [1.29, 1.82) is 5.26 Å². The zero-order chi connectivity index (χ0) is 17.5. The van der Waals surface area contributed by atoms with E-state index in [2.05, 4.69) is 0 Å². The van der Waals surface area contributed by atoms with Crippen LogP contribution in [0.25, 0.3) is 6.08 Å².